The molecule has 82 valence electrons. The molecule has 1 aliphatic heterocycles. The molecule has 0 unspecified atom stereocenters. The lowest BCUT2D eigenvalue weighted by molar-refractivity contribution is 0.173. The first-order valence-corrected chi connectivity index (χ1v) is 6.80. The fourth-order valence-electron chi connectivity index (χ4n) is 1.83. The van der Waals surface area contributed by atoms with Crippen molar-refractivity contribution in [2.24, 2.45) is 0 Å². The maximum Gasteiger partial charge on any atom is 0.123 e. The van der Waals surface area contributed by atoms with E-state index < -0.39 is 0 Å². The fraction of sp³-hybridized carbons (Fsp3) is 0.455. The van der Waals surface area contributed by atoms with Crippen LogP contribution in [0.3, 0.4) is 0 Å². The van der Waals surface area contributed by atoms with Crippen molar-refractivity contribution in [3.8, 4) is 5.75 Å². The third-order valence-electron chi connectivity index (χ3n) is 2.60. The van der Waals surface area contributed by atoms with Crippen LogP contribution in [0.2, 0.25) is 0 Å². The highest BCUT2D eigenvalue weighted by molar-refractivity contribution is 9.10. The summed E-state index contributed by atoms with van der Waals surface area (Å²) in [5.74, 6) is 2.78. The third kappa shape index (κ3) is 2.17. The van der Waals surface area contributed by atoms with Crippen molar-refractivity contribution in [3.05, 3.63) is 27.7 Å². The topological polar surface area (TPSA) is 29.5 Å². The molecule has 2 nitrogen and oxygen atoms in total. The Bertz CT molecular complexity index is 368. The largest absolute Gasteiger partial charge is 0.496 e. The van der Waals surface area contributed by atoms with E-state index in [1.807, 2.05) is 23.9 Å². The molecule has 0 amide bonds. The first-order chi connectivity index (χ1) is 7.24. The lowest BCUT2D eigenvalue weighted by atomic mass is 10.0. The van der Waals surface area contributed by atoms with Gasteiger partial charge in [-0.15, -0.1) is 0 Å². The van der Waals surface area contributed by atoms with Crippen LogP contribution in [-0.2, 0) is 5.75 Å². The standard InChI is InChI=1S/C11H13BrO2S/c1-14-10-3-2-8(12)11-7(10)6-15-5-4-9(11)13/h2-3,9,13H,4-6H2,1H3/t9-/m1/s1. The maximum absolute atomic E-state index is 10.0. The first kappa shape index (κ1) is 11.3. The van der Waals surface area contributed by atoms with Crippen molar-refractivity contribution in [1.29, 1.82) is 0 Å². The number of thioether (sulfide) groups is 1. The number of fused-ring (bicyclic) bond motifs is 1. The molecule has 1 aromatic carbocycles. The summed E-state index contributed by atoms with van der Waals surface area (Å²) in [6.45, 7) is 0. The van der Waals surface area contributed by atoms with E-state index in [2.05, 4.69) is 15.9 Å². The number of ether oxygens (including phenoxy) is 1. The molecule has 0 radical (unpaired) electrons. The van der Waals surface area contributed by atoms with E-state index in [1.54, 1.807) is 7.11 Å². The Morgan fingerprint density at radius 1 is 1.53 bits per heavy atom. The molecule has 1 N–H and O–H groups in total. The minimum atomic E-state index is -0.375. The van der Waals surface area contributed by atoms with Gasteiger partial charge < -0.3 is 9.84 Å². The van der Waals surface area contributed by atoms with E-state index in [1.165, 1.54) is 0 Å². The minimum Gasteiger partial charge on any atom is -0.496 e. The van der Waals surface area contributed by atoms with E-state index in [-0.39, 0.29) is 6.10 Å². The zero-order valence-corrected chi connectivity index (χ0v) is 10.9. The molecule has 1 aliphatic rings. The van der Waals surface area contributed by atoms with Crippen LogP contribution >= 0.6 is 27.7 Å². The monoisotopic (exact) mass is 288 g/mol. The highest BCUT2D eigenvalue weighted by Gasteiger charge is 2.22. The zero-order valence-electron chi connectivity index (χ0n) is 8.50. The Balaban J connectivity index is 2.55. The van der Waals surface area contributed by atoms with Crippen LogP contribution in [0.25, 0.3) is 0 Å². The predicted octanol–water partition coefficient (Wildman–Crippen LogP) is 3.13. The summed E-state index contributed by atoms with van der Waals surface area (Å²) in [5, 5.41) is 10.0. The quantitative estimate of drug-likeness (QED) is 0.861. The minimum absolute atomic E-state index is 0.375. The maximum atomic E-state index is 10.0. The highest BCUT2D eigenvalue weighted by Crippen LogP contribution is 2.39. The molecule has 15 heavy (non-hydrogen) atoms. The van der Waals surface area contributed by atoms with Gasteiger partial charge in [0.25, 0.3) is 0 Å². The van der Waals surface area contributed by atoms with Gasteiger partial charge in [0, 0.05) is 21.4 Å². The molecule has 4 heteroatoms. The summed E-state index contributed by atoms with van der Waals surface area (Å²) in [6.07, 6.45) is 0.433. The van der Waals surface area contributed by atoms with Crippen LogP contribution in [0.4, 0.5) is 0 Å². The van der Waals surface area contributed by atoms with Crippen molar-refractivity contribution in [2.45, 2.75) is 18.3 Å². The van der Waals surface area contributed by atoms with E-state index >= 15 is 0 Å². The highest BCUT2D eigenvalue weighted by atomic mass is 79.9. The van der Waals surface area contributed by atoms with E-state index in [4.69, 9.17) is 4.74 Å². The summed E-state index contributed by atoms with van der Waals surface area (Å²) in [7, 11) is 1.67. The van der Waals surface area contributed by atoms with Crippen molar-refractivity contribution >= 4 is 27.7 Å². The fourth-order valence-corrected chi connectivity index (χ4v) is 3.50. The van der Waals surface area contributed by atoms with Crippen molar-refractivity contribution in [1.82, 2.24) is 0 Å². The molecule has 0 bridgehead atoms. The summed E-state index contributed by atoms with van der Waals surface area (Å²) in [5.41, 5.74) is 2.13. The molecule has 0 fully saturated rings. The number of aliphatic hydroxyl groups is 1. The Kier molecular flexibility index (Phi) is 3.59. The van der Waals surface area contributed by atoms with Gasteiger partial charge in [0.1, 0.15) is 5.75 Å². The van der Waals surface area contributed by atoms with E-state index in [0.717, 1.165) is 39.3 Å². The molecule has 1 aromatic rings. The molecule has 2 rings (SSSR count). The Labute approximate surface area is 102 Å². The number of aliphatic hydroxyl groups excluding tert-OH is 1. The number of methoxy groups -OCH3 is 1. The van der Waals surface area contributed by atoms with Gasteiger partial charge in [-0.2, -0.15) is 11.8 Å². The van der Waals surface area contributed by atoms with Gasteiger partial charge in [-0.3, -0.25) is 0 Å². The number of benzene rings is 1. The summed E-state index contributed by atoms with van der Waals surface area (Å²) in [4.78, 5) is 0. The number of hydrogen-bond acceptors (Lipinski definition) is 3. The molecular weight excluding hydrogens is 276 g/mol. The van der Waals surface area contributed by atoms with Gasteiger partial charge in [0.05, 0.1) is 13.2 Å². The SMILES string of the molecule is COc1ccc(Br)c2c1CSCC[C@H]2O. The third-order valence-corrected chi connectivity index (χ3v) is 4.30. The lowest BCUT2D eigenvalue weighted by Crippen LogP contribution is -2.02. The normalized spacial score (nSPS) is 20.6. The van der Waals surface area contributed by atoms with Gasteiger partial charge >= 0.3 is 0 Å². The number of halogens is 1. The smallest absolute Gasteiger partial charge is 0.123 e. The second-order valence-electron chi connectivity index (χ2n) is 3.50. The van der Waals surface area contributed by atoms with Gasteiger partial charge in [-0.05, 0) is 24.3 Å². The van der Waals surface area contributed by atoms with Crippen LogP contribution in [-0.4, -0.2) is 18.0 Å². The average Bonchev–Trinajstić information content (AvgIpc) is 2.42. The lowest BCUT2D eigenvalue weighted by Gasteiger charge is -2.16. The second-order valence-corrected chi connectivity index (χ2v) is 5.46. The van der Waals surface area contributed by atoms with Crippen molar-refractivity contribution < 1.29 is 9.84 Å². The molecular formula is C11H13BrO2S. The van der Waals surface area contributed by atoms with Crippen LogP contribution in [0, 0.1) is 0 Å². The van der Waals surface area contributed by atoms with E-state index in [0.29, 0.717) is 0 Å². The summed E-state index contributed by atoms with van der Waals surface area (Å²) >= 11 is 5.34. The van der Waals surface area contributed by atoms with Gasteiger partial charge in [-0.25, -0.2) is 0 Å². The summed E-state index contributed by atoms with van der Waals surface area (Å²) < 4.78 is 6.31. The molecule has 0 aliphatic carbocycles. The zero-order chi connectivity index (χ0) is 10.8. The Morgan fingerprint density at radius 2 is 2.33 bits per heavy atom. The molecule has 1 heterocycles. The Hall–Kier alpha value is -0.190. The summed E-state index contributed by atoms with van der Waals surface area (Å²) in [6, 6.07) is 3.89. The Morgan fingerprint density at radius 3 is 3.07 bits per heavy atom. The molecule has 1 atom stereocenters. The molecule has 0 saturated carbocycles. The molecule has 0 saturated heterocycles. The second kappa shape index (κ2) is 4.76. The van der Waals surface area contributed by atoms with Gasteiger partial charge in [-0.1, -0.05) is 15.9 Å². The van der Waals surface area contributed by atoms with Crippen LogP contribution in [0.15, 0.2) is 16.6 Å². The molecule has 0 aromatic heterocycles. The van der Waals surface area contributed by atoms with Crippen LogP contribution < -0.4 is 4.74 Å². The first-order valence-electron chi connectivity index (χ1n) is 4.85. The van der Waals surface area contributed by atoms with E-state index in [9.17, 15) is 5.11 Å². The van der Waals surface area contributed by atoms with Gasteiger partial charge in [0.2, 0.25) is 0 Å². The van der Waals surface area contributed by atoms with Crippen LogP contribution in [0.1, 0.15) is 23.7 Å². The van der Waals surface area contributed by atoms with Crippen LogP contribution in [0.5, 0.6) is 5.75 Å². The predicted molar refractivity (Wildman–Crippen MR) is 66.4 cm³/mol. The molecule has 0 spiro atoms. The van der Waals surface area contributed by atoms with Gasteiger partial charge in [0.15, 0.2) is 0 Å². The average molecular weight is 289 g/mol. The van der Waals surface area contributed by atoms with Crippen molar-refractivity contribution in [2.75, 3.05) is 12.9 Å². The number of rotatable bonds is 1. The van der Waals surface area contributed by atoms with Crippen molar-refractivity contribution in [3.63, 3.8) is 0 Å². The number of hydrogen-bond donors (Lipinski definition) is 1.